The summed E-state index contributed by atoms with van der Waals surface area (Å²) >= 11 is 1.36. The fourth-order valence-corrected chi connectivity index (χ4v) is 2.54. The molecule has 0 unspecified atom stereocenters. The minimum Gasteiger partial charge on any atom is -0.383 e. The van der Waals surface area contributed by atoms with E-state index >= 15 is 0 Å². The van der Waals surface area contributed by atoms with Crippen LogP contribution >= 0.6 is 11.3 Å². The summed E-state index contributed by atoms with van der Waals surface area (Å²) in [6.07, 6.45) is 0. The molecule has 22 heavy (non-hydrogen) atoms. The summed E-state index contributed by atoms with van der Waals surface area (Å²) in [7, 11) is 1.54. The fraction of sp³-hybridized carbons (Fsp3) is 0.429. The molecule has 0 aliphatic rings. The van der Waals surface area contributed by atoms with E-state index in [9.17, 15) is 9.59 Å². The lowest BCUT2D eigenvalue weighted by molar-refractivity contribution is 0.101. The first kappa shape index (κ1) is 16.3. The minimum atomic E-state index is -0.393. The quantitative estimate of drug-likeness (QED) is 0.875. The Labute approximate surface area is 132 Å². The first-order valence-electron chi connectivity index (χ1n) is 6.85. The molecule has 2 aromatic heterocycles. The van der Waals surface area contributed by atoms with E-state index in [-0.39, 0.29) is 11.3 Å². The van der Waals surface area contributed by atoms with E-state index < -0.39 is 5.91 Å². The third kappa shape index (κ3) is 3.99. The second kappa shape index (κ2) is 7.28. The van der Waals surface area contributed by atoms with Crippen molar-refractivity contribution in [1.82, 2.24) is 14.8 Å². The van der Waals surface area contributed by atoms with Crippen molar-refractivity contribution < 1.29 is 9.53 Å². The van der Waals surface area contributed by atoms with Crippen LogP contribution < -0.4 is 10.9 Å². The summed E-state index contributed by atoms with van der Waals surface area (Å²) in [4.78, 5) is 28.2. The molecule has 8 heteroatoms. The molecule has 0 aliphatic heterocycles. The van der Waals surface area contributed by atoms with Gasteiger partial charge in [-0.1, -0.05) is 13.8 Å². The molecule has 2 rings (SSSR count). The zero-order valence-electron chi connectivity index (χ0n) is 12.7. The molecule has 7 nitrogen and oxygen atoms in total. The van der Waals surface area contributed by atoms with Crippen LogP contribution in [0, 0.1) is 0 Å². The van der Waals surface area contributed by atoms with Crippen LogP contribution in [0.4, 0.5) is 5.13 Å². The molecular formula is C14H18N4O3S. The number of nitrogens with zero attached hydrogens (tertiary/aromatic N) is 3. The van der Waals surface area contributed by atoms with Gasteiger partial charge >= 0.3 is 0 Å². The number of aromatic nitrogens is 3. The van der Waals surface area contributed by atoms with Gasteiger partial charge in [0.15, 0.2) is 5.13 Å². The molecule has 0 atom stereocenters. The van der Waals surface area contributed by atoms with Gasteiger partial charge in [0.1, 0.15) is 5.69 Å². The van der Waals surface area contributed by atoms with Crippen LogP contribution in [-0.2, 0) is 11.3 Å². The van der Waals surface area contributed by atoms with Gasteiger partial charge in [0.05, 0.1) is 18.8 Å². The number of hydrogen-bond acceptors (Lipinski definition) is 6. The highest BCUT2D eigenvalue weighted by Crippen LogP contribution is 2.21. The molecule has 0 saturated carbocycles. The smallest absolute Gasteiger partial charge is 0.277 e. The van der Waals surface area contributed by atoms with Gasteiger partial charge in [-0.25, -0.2) is 9.67 Å². The van der Waals surface area contributed by atoms with E-state index in [0.717, 1.165) is 5.69 Å². The molecular weight excluding hydrogens is 304 g/mol. The van der Waals surface area contributed by atoms with Crippen molar-refractivity contribution in [3.8, 4) is 0 Å². The third-order valence-corrected chi connectivity index (χ3v) is 3.72. The van der Waals surface area contributed by atoms with E-state index in [1.165, 1.54) is 35.3 Å². The van der Waals surface area contributed by atoms with E-state index in [4.69, 9.17) is 4.74 Å². The van der Waals surface area contributed by atoms with Gasteiger partial charge in [0, 0.05) is 18.6 Å². The number of rotatable bonds is 6. The highest BCUT2D eigenvalue weighted by molar-refractivity contribution is 7.14. The van der Waals surface area contributed by atoms with Gasteiger partial charge < -0.3 is 4.74 Å². The Morgan fingerprint density at radius 1 is 1.45 bits per heavy atom. The van der Waals surface area contributed by atoms with Crippen LogP contribution in [0.15, 0.2) is 22.3 Å². The van der Waals surface area contributed by atoms with Crippen molar-refractivity contribution >= 4 is 22.4 Å². The van der Waals surface area contributed by atoms with Gasteiger partial charge in [0.2, 0.25) is 0 Å². The number of thiazole rings is 1. The molecule has 1 N–H and O–H groups in total. The number of nitrogens with one attached hydrogen (secondary N) is 1. The monoisotopic (exact) mass is 322 g/mol. The lowest BCUT2D eigenvalue weighted by Gasteiger charge is -2.06. The summed E-state index contributed by atoms with van der Waals surface area (Å²) in [5, 5.41) is 9.16. The molecule has 2 heterocycles. The second-order valence-corrected chi connectivity index (χ2v) is 5.82. The largest absolute Gasteiger partial charge is 0.383 e. The first-order chi connectivity index (χ1) is 10.5. The molecule has 1 amide bonds. The first-order valence-corrected chi connectivity index (χ1v) is 7.73. The highest BCUT2D eigenvalue weighted by Gasteiger charge is 2.13. The zero-order chi connectivity index (χ0) is 16.1. The van der Waals surface area contributed by atoms with Crippen molar-refractivity contribution in [2.45, 2.75) is 26.3 Å². The predicted molar refractivity (Wildman–Crippen MR) is 84.5 cm³/mol. The maximum Gasteiger partial charge on any atom is 0.277 e. The number of ether oxygens (including phenoxy) is 1. The van der Waals surface area contributed by atoms with E-state index in [2.05, 4.69) is 15.4 Å². The topological polar surface area (TPSA) is 86.1 Å². The summed E-state index contributed by atoms with van der Waals surface area (Å²) in [5.41, 5.74) is 0.820. The maximum absolute atomic E-state index is 12.2. The molecule has 0 aromatic carbocycles. The average molecular weight is 322 g/mol. The van der Waals surface area contributed by atoms with Crippen molar-refractivity contribution in [2.24, 2.45) is 0 Å². The fourth-order valence-electron chi connectivity index (χ4n) is 1.68. The molecule has 0 radical (unpaired) electrons. The average Bonchev–Trinajstić information content (AvgIpc) is 2.95. The number of carbonyl (C=O) groups excluding carboxylic acids is 1. The summed E-state index contributed by atoms with van der Waals surface area (Å²) < 4.78 is 6.12. The van der Waals surface area contributed by atoms with E-state index in [0.29, 0.717) is 24.2 Å². The molecule has 118 valence electrons. The number of methoxy groups -OCH3 is 1. The van der Waals surface area contributed by atoms with Crippen LogP contribution in [0.3, 0.4) is 0 Å². The molecule has 0 bridgehead atoms. The Morgan fingerprint density at radius 2 is 2.23 bits per heavy atom. The summed E-state index contributed by atoms with van der Waals surface area (Å²) in [5.74, 6) is -0.0909. The Kier molecular flexibility index (Phi) is 5.40. The van der Waals surface area contributed by atoms with Crippen LogP contribution in [0.5, 0.6) is 0 Å². The van der Waals surface area contributed by atoms with Crippen molar-refractivity contribution in [3.05, 3.63) is 39.3 Å². The van der Waals surface area contributed by atoms with Gasteiger partial charge in [-0.2, -0.15) is 5.10 Å². The number of amides is 1. The molecule has 2 aromatic rings. The van der Waals surface area contributed by atoms with Crippen LogP contribution in [0.2, 0.25) is 0 Å². The molecule has 0 spiro atoms. The standard InChI is InChI=1S/C14H18N4O3S/c1-9(2)11-8-22-14(15-11)16-13(20)10-4-5-12(19)18(17-10)6-7-21-3/h4-5,8-9H,6-7H2,1-3H3,(H,15,16,20). The lowest BCUT2D eigenvalue weighted by Crippen LogP contribution is -2.27. The van der Waals surface area contributed by atoms with Gasteiger partial charge in [0.25, 0.3) is 11.5 Å². The highest BCUT2D eigenvalue weighted by atomic mass is 32.1. The second-order valence-electron chi connectivity index (χ2n) is 4.96. The Balaban J connectivity index is 2.13. The Morgan fingerprint density at radius 3 is 2.86 bits per heavy atom. The van der Waals surface area contributed by atoms with Crippen LogP contribution in [0.1, 0.15) is 35.9 Å². The van der Waals surface area contributed by atoms with Crippen molar-refractivity contribution in [2.75, 3.05) is 19.0 Å². The van der Waals surface area contributed by atoms with Gasteiger partial charge in [-0.15, -0.1) is 11.3 Å². The molecule has 0 fully saturated rings. The van der Waals surface area contributed by atoms with Gasteiger partial charge in [-0.05, 0) is 12.0 Å². The van der Waals surface area contributed by atoms with Crippen molar-refractivity contribution in [3.63, 3.8) is 0 Å². The Bertz CT molecular complexity index is 708. The zero-order valence-corrected chi connectivity index (χ0v) is 13.5. The minimum absolute atomic E-state index is 0.164. The Hall–Kier alpha value is -2.06. The number of hydrogen-bond donors (Lipinski definition) is 1. The van der Waals surface area contributed by atoms with Crippen LogP contribution in [0.25, 0.3) is 0 Å². The van der Waals surface area contributed by atoms with E-state index in [1.54, 1.807) is 0 Å². The molecule has 0 saturated heterocycles. The van der Waals surface area contributed by atoms with Crippen molar-refractivity contribution in [1.29, 1.82) is 0 Å². The molecule has 0 aliphatic carbocycles. The summed E-state index contributed by atoms with van der Waals surface area (Å²) in [6.45, 7) is 4.72. The van der Waals surface area contributed by atoms with E-state index in [1.807, 2.05) is 19.2 Å². The van der Waals surface area contributed by atoms with Gasteiger partial charge in [-0.3, -0.25) is 14.9 Å². The maximum atomic E-state index is 12.2. The van der Waals surface area contributed by atoms with Crippen LogP contribution in [-0.4, -0.2) is 34.4 Å². The SMILES string of the molecule is COCCn1nc(C(=O)Nc2nc(C(C)C)cs2)ccc1=O. The third-order valence-electron chi connectivity index (χ3n) is 2.94. The summed E-state index contributed by atoms with van der Waals surface area (Å²) in [6, 6.07) is 2.72. The normalized spacial score (nSPS) is 10.9. The number of anilines is 1. The predicted octanol–water partition coefficient (Wildman–Crippen LogP) is 1.72. The lowest BCUT2D eigenvalue weighted by atomic mass is 10.2. The number of carbonyl (C=O) groups is 1.